The molecule has 0 radical (unpaired) electrons. The number of hydrogen-bond donors (Lipinski definition) is 3. The van der Waals surface area contributed by atoms with E-state index in [1.165, 1.54) is 6.33 Å². The van der Waals surface area contributed by atoms with Gasteiger partial charge in [-0.3, -0.25) is 15.1 Å². The van der Waals surface area contributed by atoms with Gasteiger partial charge in [0.05, 0.1) is 11.0 Å². The van der Waals surface area contributed by atoms with Crippen molar-refractivity contribution < 1.29 is 4.79 Å². The van der Waals surface area contributed by atoms with Crippen molar-refractivity contribution in [3.05, 3.63) is 36.4 Å². The van der Waals surface area contributed by atoms with E-state index in [9.17, 15) is 4.79 Å². The zero-order chi connectivity index (χ0) is 11.7. The van der Waals surface area contributed by atoms with E-state index in [2.05, 4.69) is 30.5 Å². The third-order valence-electron chi connectivity index (χ3n) is 2.28. The molecule has 3 aromatic rings. The van der Waals surface area contributed by atoms with Gasteiger partial charge in [0.1, 0.15) is 12.0 Å². The Morgan fingerprint density at radius 1 is 1.35 bits per heavy atom. The molecule has 3 N–H and O–H groups in total. The van der Waals surface area contributed by atoms with Gasteiger partial charge in [-0.2, -0.15) is 10.1 Å². The van der Waals surface area contributed by atoms with Crippen molar-refractivity contribution in [1.82, 2.24) is 25.1 Å². The number of nitrogens with zero attached hydrogens (tertiary/aromatic N) is 3. The molecule has 3 heterocycles. The van der Waals surface area contributed by atoms with E-state index in [0.717, 1.165) is 11.0 Å². The first kappa shape index (κ1) is 9.52. The summed E-state index contributed by atoms with van der Waals surface area (Å²) in [5.74, 6) is 0.0152. The molecular formula is C10H8N6O. The Kier molecular flexibility index (Phi) is 2.08. The quantitative estimate of drug-likeness (QED) is 0.607. The number of carbonyl (C=O) groups excluding carboxylic acids is 1. The van der Waals surface area contributed by atoms with Crippen LogP contribution in [0.2, 0.25) is 0 Å². The molecule has 7 heteroatoms. The molecule has 0 spiro atoms. The maximum atomic E-state index is 11.8. The van der Waals surface area contributed by atoms with Gasteiger partial charge in [-0.25, -0.2) is 5.10 Å². The lowest BCUT2D eigenvalue weighted by Gasteiger charge is -1.97. The molecule has 0 aliphatic rings. The van der Waals surface area contributed by atoms with E-state index in [1.54, 1.807) is 18.3 Å². The van der Waals surface area contributed by atoms with Gasteiger partial charge in [0.15, 0.2) is 0 Å². The number of pyridine rings is 1. The third-order valence-corrected chi connectivity index (χ3v) is 2.28. The lowest BCUT2D eigenvalue weighted by molar-refractivity contribution is 0.102. The molecule has 0 aliphatic heterocycles. The Balaban J connectivity index is 1.90. The van der Waals surface area contributed by atoms with Gasteiger partial charge in [-0.05, 0) is 18.2 Å². The number of carbonyl (C=O) groups is 1. The smallest absolute Gasteiger partial charge is 0.274 e. The summed E-state index contributed by atoms with van der Waals surface area (Å²) in [5.41, 5.74) is 1.99. The molecule has 17 heavy (non-hydrogen) atoms. The number of aromatic nitrogens is 5. The number of rotatable bonds is 2. The molecule has 1 amide bonds. The van der Waals surface area contributed by atoms with Crippen LogP contribution >= 0.6 is 0 Å². The van der Waals surface area contributed by atoms with Crippen molar-refractivity contribution in [3.63, 3.8) is 0 Å². The van der Waals surface area contributed by atoms with Crippen LogP contribution in [-0.2, 0) is 0 Å². The van der Waals surface area contributed by atoms with Crippen LogP contribution in [0.3, 0.4) is 0 Å². The van der Waals surface area contributed by atoms with Gasteiger partial charge in [-0.15, -0.1) is 0 Å². The summed E-state index contributed by atoms with van der Waals surface area (Å²) in [6.45, 7) is 0. The van der Waals surface area contributed by atoms with Crippen molar-refractivity contribution in [3.8, 4) is 0 Å². The van der Waals surface area contributed by atoms with E-state index in [0.29, 0.717) is 11.6 Å². The van der Waals surface area contributed by atoms with Crippen LogP contribution in [0.5, 0.6) is 0 Å². The molecule has 3 aromatic heterocycles. The molecule has 7 nitrogen and oxygen atoms in total. The number of anilines is 1. The highest BCUT2D eigenvalue weighted by Crippen LogP contribution is 2.12. The normalized spacial score (nSPS) is 10.6. The standard InChI is InChI=1S/C10H8N6O/c17-9(15-10-12-5-13-16-10)8-4-7-6(14-8)2-1-3-11-7/h1-5,14H,(H2,12,13,15,16,17). The van der Waals surface area contributed by atoms with Crippen LogP contribution < -0.4 is 5.32 Å². The molecule has 0 unspecified atom stereocenters. The Morgan fingerprint density at radius 2 is 2.29 bits per heavy atom. The first-order valence-corrected chi connectivity index (χ1v) is 4.93. The van der Waals surface area contributed by atoms with Gasteiger partial charge >= 0.3 is 0 Å². The van der Waals surface area contributed by atoms with Gasteiger partial charge < -0.3 is 4.98 Å². The summed E-state index contributed by atoms with van der Waals surface area (Å²) >= 11 is 0. The number of hydrogen-bond acceptors (Lipinski definition) is 4. The van der Waals surface area contributed by atoms with Crippen molar-refractivity contribution in [2.75, 3.05) is 5.32 Å². The highest BCUT2D eigenvalue weighted by molar-refractivity contribution is 6.04. The molecule has 0 atom stereocenters. The van der Waals surface area contributed by atoms with Crippen molar-refractivity contribution >= 4 is 22.9 Å². The Labute approximate surface area is 95.3 Å². The van der Waals surface area contributed by atoms with Gasteiger partial charge in [0.2, 0.25) is 5.95 Å². The fourth-order valence-corrected chi connectivity index (χ4v) is 1.52. The number of H-pyrrole nitrogens is 2. The second-order valence-electron chi connectivity index (χ2n) is 3.41. The Bertz CT molecular complexity index is 623. The zero-order valence-corrected chi connectivity index (χ0v) is 8.64. The fraction of sp³-hybridized carbons (Fsp3) is 0. The maximum Gasteiger partial charge on any atom is 0.274 e. The number of aromatic amines is 2. The predicted molar refractivity (Wildman–Crippen MR) is 60.4 cm³/mol. The van der Waals surface area contributed by atoms with E-state index in [4.69, 9.17) is 0 Å². The SMILES string of the molecule is O=C(Nc1ncn[nH]1)c1cc2ncccc2[nH]1. The summed E-state index contributed by atoms with van der Waals surface area (Å²) in [6.07, 6.45) is 3.00. The molecule has 0 saturated heterocycles. The van der Waals surface area contributed by atoms with E-state index in [1.807, 2.05) is 6.07 Å². The minimum atomic E-state index is -0.292. The molecule has 3 rings (SSSR count). The minimum Gasteiger partial charge on any atom is -0.349 e. The second-order valence-corrected chi connectivity index (χ2v) is 3.41. The van der Waals surface area contributed by atoms with Crippen LogP contribution in [0.1, 0.15) is 10.5 Å². The molecule has 0 aliphatic carbocycles. The molecule has 0 aromatic carbocycles. The van der Waals surface area contributed by atoms with Crippen LogP contribution in [0.15, 0.2) is 30.7 Å². The monoisotopic (exact) mass is 228 g/mol. The van der Waals surface area contributed by atoms with Crippen LogP contribution in [0.25, 0.3) is 11.0 Å². The minimum absolute atomic E-state index is 0.292. The summed E-state index contributed by atoms with van der Waals surface area (Å²) < 4.78 is 0. The Hall–Kier alpha value is -2.70. The highest BCUT2D eigenvalue weighted by Gasteiger charge is 2.10. The Morgan fingerprint density at radius 3 is 3.06 bits per heavy atom. The molecule has 0 saturated carbocycles. The summed E-state index contributed by atoms with van der Waals surface area (Å²) in [4.78, 5) is 22.7. The van der Waals surface area contributed by atoms with E-state index in [-0.39, 0.29) is 5.91 Å². The van der Waals surface area contributed by atoms with E-state index >= 15 is 0 Å². The molecule has 0 bridgehead atoms. The number of nitrogens with one attached hydrogen (secondary N) is 3. The van der Waals surface area contributed by atoms with Crippen molar-refractivity contribution in [1.29, 1.82) is 0 Å². The van der Waals surface area contributed by atoms with Gasteiger partial charge in [-0.1, -0.05) is 0 Å². The highest BCUT2D eigenvalue weighted by atomic mass is 16.2. The second kappa shape index (κ2) is 3.71. The van der Waals surface area contributed by atoms with Crippen molar-refractivity contribution in [2.24, 2.45) is 0 Å². The number of fused-ring (bicyclic) bond motifs is 1. The van der Waals surface area contributed by atoms with Gasteiger partial charge in [0.25, 0.3) is 5.91 Å². The molecular weight excluding hydrogens is 220 g/mol. The lowest BCUT2D eigenvalue weighted by atomic mass is 10.3. The van der Waals surface area contributed by atoms with Gasteiger partial charge in [0, 0.05) is 6.20 Å². The summed E-state index contributed by atoms with van der Waals surface area (Å²) in [5, 5.41) is 8.76. The topological polar surface area (TPSA) is 99.3 Å². The first-order valence-electron chi connectivity index (χ1n) is 4.93. The summed E-state index contributed by atoms with van der Waals surface area (Å²) in [6, 6.07) is 5.34. The lowest BCUT2D eigenvalue weighted by Crippen LogP contribution is -2.13. The van der Waals surface area contributed by atoms with Crippen LogP contribution in [0, 0.1) is 0 Å². The zero-order valence-electron chi connectivity index (χ0n) is 8.64. The van der Waals surface area contributed by atoms with Crippen LogP contribution in [-0.4, -0.2) is 31.1 Å². The average Bonchev–Trinajstić information content (AvgIpc) is 2.96. The molecule has 0 fully saturated rings. The van der Waals surface area contributed by atoms with Crippen molar-refractivity contribution in [2.45, 2.75) is 0 Å². The number of amides is 1. The average molecular weight is 228 g/mol. The van der Waals surface area contributed by atoms with E-state index < -0.39 is 0 Å². The molecule has 84 valence electrons. The third kappa shape index (κ3) is 1.73. The van der Waals surface area contributed by atoms with Crippen LogP contribution in [0.4, 0.5) is 5.95 Å². The fourth-order valence-electron chi connectivity index (χ4n) is 1.52. The first-order chi connectivity index (χ1) is 8.33. The maximum absolute atomic E-state index is 11.8. The predicted octanol–water partition coefficient (Wildman–Crippen LogP) is 0.933. The summed E-state index contributed by atoms with van der Waals surface area (Å²) in [7, 11) is 0. The largest absolute Gasteiger partial charge is 0.349 e.